The van der Waals surface area contributed by atoms with E-state index in [-0.39, 0.29) is 0 Å². The molecule has 2 unspecified atom stereocenters. The highest BCUT2D eigenvalue weighted by Crippen LogP contribution is 2.37. The Morgan fingerprint density at radius 1 is 1.33 bits per heavy atom. The lowest BCUT2D eigenvalue weighted by molar-refractivity contribution is -0.0225. The molecular formula is C10H17NO. The summed E-state index contributed by atoms with van der Waals surface area (Å²) in [6.45, 7) is 4.39. The first-order chi connectivity index (χ1) is 5.62. The van der Waals surface area contributed by atoms with Crippen molar-refractivity contribution in [3.63, 3.8) is 0 Å². The number of hydrogen-bond donors (Lipinski definition) is 0. The van der Waals surface area contributed by atoms with Gasteiger partial charge in [0.2, 0.25) is 0 Å². The minimum absolute atomic E-state index is 0.489. The van der Waals surface area contributed by atoms with Gasteiger partial charge in [0.05, 0.1) is 6.07 Å². The van der Waals surface area contributed by atoms with Gasteiger partial charge < -0.3 is 4.74 Å². The zero-order valence-corrected chi connectivity index (χ0v) is 8.13. The zero-order valence-electron chi connectivity index (χ0n) is 8.13. The van der Waals surface area contributed by atoms with Crippen molar-refractivity contribution in [1.29, 1.82) is 5.26 Å². The third kappa shape index (κ3) is 1.78. The lowest BCUT2D eigenvalue weighted by Gasteiger charge is -2.36. The quantitative estimate of drug-likeness (QED) is 0.600. The van der Waals surface area contributed by atoms with E-state index < -0.39 is 5.60 Å². The fourth-order valence-electron chi connectivity index (χ4n) is 2.37. The van der Waals surface area contributed by atoms with Crippen molar-refractivity contribution in [2.45, 2.75) is 38.7 Å². The van der Waals surface area contributed by atoms with Gasteiger partial charge >= 0.3 is 0 Å². The van der Waals surface area contributed by atoms with E-state index in [2.05, 4.69) is 19.9 Å². The lowest BCUT2D eigenvalue weighted by atomic mass is 9.74. The largest absolute Gasteiger partial charge is 0.363 e. The van der Waals surface area contributed by atoms with E-state index in [0.717, 1.165) is 12.8 Å². The number of nitriles is 1. The van der Waals surface area contributed by atoms with Gasteiger partial charge in [-0.15, -0.1) is 0 Å². The van der Waals surface area contributed by atoms with Crippen LogP contribution in [-0.2, 0) is 4.74 Å². The summed E-state index contributed by atoms with van der Waals surface area (Å²) in [5, 5.41) is 9.00. The van der Waals surface area contributed by atoms with Gasteiger partial charge in [-0.25, -0.2) is 0 Å². The van der Waals surface area contributed by atoms with Crippen LogP contribution in [0.4, 0.5) is 0 Å². The number of hydrogen-bond acceptors (Lipinski definition) is 2. The summed E-state index contributed by atoms with van der Waals surface area (Å²) in [4.78, 5) is 0. The fraction of sp³-hybridized carbons (Fsp3) is 0.900. The highest BCUT2D eigenvalue weighted by atomic mass is 16.5. The second-order valence-corrected chi connectivity index (χ2v) is 4.16. The van der Waals surface area contributed by atoms with Crippen LogP contribution < -0.4 is 0 Å². The van der Waals surface area contributed by atoms with Crippen molar-refractivity contribution in [3.8, 4) is 6.07 Å². The topological polar surface area (TPSA) is 33.0 Å². The van der Waals surface area contributed by atoms with Crippen LogP contribution in [-0.4, -0.2) is 12.7 Å². The van der Waals surface area contributed by atoms with E-state index in [4.69, 9.17) is 10.00 Å². The Kier molecular flexibility index (Phi) is 2.74. The Balaban J connectivity index is 2.71. The summed E-state index contributed by atoms with van der Waals surface area (Å²) in [6.07, 6.45) is 3.02. The van der Waals surface area contributed by atoms with Crippen LogP contribution in [0.15, 0.2) is 0 Å². The molecule has 0 radical (unpaired) electrons. The molecule has 0 aliphatic heterocycles. The van der Waals surface area contributed by atoms with Gasteiger partial charge in [-0.05, 0) is 31.1 Å². The summed E-state index contributed by atoms with van der Waals surface area (Å²) in [6, 6.07) is 2.31. The maximum atomic E-state index is 9.00. The molecule has 0 saturated heterocycles. The molecule has 0 amide bonds. The molecule has 2 atom stereocenters. The molecule has 0 heterocycles. The third-order valence-electron chi connectivity index (χ3n) is 2.76. The summed E-state index contributed by atoms with van der Waals surface area (Å²) in [5.74, 6) is 1.24. The molecule has 0 N–H and O–H groups in total. The van der Waals surface area contributed by atoms with E-state index in [0.29, 0.717) is 11.8 Å². The van der Waals surface area contributed by atoms with Gasteiger partial charge in [0, 0.05) is 7.11 Å². The Hall–Kier alpha value is -0.550. The maximum Gasteiger partial charge on any atom is 0.154 e. The van der Waals surface area contributed by atoms with Crippen molar-refractivity contribution in [2.24, 2.45) is 11.8 Å². The molecule has 1 aliphatic rings. The summed E-state index contributed by atoms with van der Waals surface area (Å²) < 4.78 is 5.31. The van der Waals surface area contributed by atoms with Gasteiger partial charge in [0.25, 0.3) is 0 Å². The van der Waals surface area contributed by atoms with Gasteiger partial charge in [-0.1, -0.05) is 13.8 Å². The number of ether oxygens (including phenoxy) is 1. The van der Waals surface area contributed by atoms with E-state index in [1.807, 2.05) is 0 Å². The van der Waals surface area contributed by atoms with Crippen LogP contribution in [0.25, 0.3) is 0 Å². The Labute approximate surface area is 74.5 Å². The Bertz CT molecular complexity index is 185. The molecule has 1 fully saturated rings. The van der Waals surface area contributed by atoms with Crippen LogP contribution >= 0.6 is 0 Å². The first kappa shape index (κ1) is 9.54. The molecule has 12 heavy (non-hydrogen) atoms. The molecule has 0 aromatic carbocycles. The van der Waals surface area contributed by atoms with Gasteiger partial charge in [-0.3, -0.25) is 0 Å². The minimum Gasteiger partial charge on any atom is -0.363 e. The highest BCUT2D eigenvalue weighted by Gasteiger charge is 2.38. The first-order valence-corrected chi connectivity index (χ1v) is 4.58. The van der Waals surface area contributed by atoms with Crippen molar-refractivity contribution in [3.05, 3.63) is 0 Å². The second kappa shape index (κ2) is 3.45. The van der Waals surface area contributed by atoms with Gasteiger partial charge in [0.1, 0.15) is 0 Å². The molecule has 1 saturated carbocycles. The average molecular weight is 167 g/mol. The van der Waals surface area contributed by atoms with E-state index in [9.17, 15) is 0 Å². The van der Waals surface area contributed by atoms with Crippen molar-refractivity contribution < 1.29 is 4.74 Å². The predicted molar refractivity (Wildman–Crippen MR) is 47.5 cm³/mol. The highest BCUT2D eigenvalue weighted by molar-refractivity contribution is 5.05. The third-order valence-corrected chi connectivity index (χ3v) is 2.76. The van der Waals surface area contributed by atoms with Crippen LogP contribution in [0.5, 0.6) is 0 Å². The normalized spacial score (nSPS) is 42.2. The monoisotopic (exact) mass is 167 g/mol. The number of nitrogens with zero attached hydrogens (tertiary/aromatic N) is 1. The van der Waals surface area contributed by atoms with Crippen LogP contribution in [0.2, 0.25) is 0 Å². The predicted octanol–water partition coefficient (Wildman–Crippen LogP) is 2.35. The molecular weight excluding hydrogens is 150 g/mol. The molecule has 2 nitrogen and oxygen atoms in total. The van der Waals surface area contributed by atoms with E-state index in [1.54, 1.807) is 7.11 Å². The Morgan fingerprint density at radius 2 is 1.83 bits per heavy atom. The molecule has 2 heteroatoms. The minimum atomic E-state index is -0.489. The molecule has 1 rings (SSSR count). The standard InChI is InChI=1S/C10H17NO/c1-8-4-9(2)6-10(5-8,7-11)12-3/h8-9H,4-6H2,1-3H3. The Morgan fingerprint density at radius 3 is 2.17 bits per heavy atom. The first-order valence-electron chi connectivity index (χ1n) is 4.58. The maximum absolute atomic E-state index is 9.00. The van der Waals surface area contributed by atoms with Crippen molar-refractivity contribution in [1.82, 2.24) is 0 Å². The summed E-state index contributed by atoms with van der Waals surface area (Å²) in [7, 11) is 1.65. The van der Waals surface area contributed by atoms with Crippen LogP contribution in [0.3, 0.4) is 0 Å². The SMILES string of the molecule is COC1(C#N)CC(C)CC(C)C1. The molecule has 0 spiro atoms. The lowest BCUT2D eigenvalue weighted by Crippen LogP contribution is -2.38. The van der Waals surface area contributed by atoms with Crippen molar-refractivity contribution in [2.75, 3.05) is 7.11 Å². The van der Waals surface area contributed by atoms with Gasteiger partial charge in [0.15, 0.2) is 5.60 Å². The van der Waals surface area contributed by atoms with Crippen LogP contribution in [0, 0.1) is 23.2 Å². The second-order valence-electron chi connectivity index (χ2n) is 4.16. The average Bonchev–Trinajstić information content (AvgIpc) is 2.02. The zero-order chi connectivity index (χ0) is 9.19. The summed E-state index contributed by atoms with van der Waals surface area (Å²) >= 11 is 0. The van der Waals surface area contributed by atoms with Crippen LogP contribution in [0.1, 0.15) is 33.1 Å². The molecule has 0 aromatic heterocycles. The number of rotatable bonds is 1. The molecule has 0 bridgehead atoms. The van der Waals surface area contributed by atoms with Crippen molar-refractivity contribution >= 4 is 0 Å². The smallest absolute Gasteiger partial charge is 0.154 e. The number of methoxy groups -OCH3 is 1. The fourth-order valence-corrected chi connectivity index (χ4v) is 2.37. The van der Waals surface area contributed by atoms with E-state index >= 15 is 0 Å². The molecule has 0 aromatic rings. The van der Waals surface area contributed by atoms with E-state index in [1.165, 1.54) is 6.42 Å². The van der Waals surface area contributed by atoms with Gasteiger partial charge in [-0.2, -0.15) is 5.26 Å². The molecule has 68 valence electrons. The summed E-state index contributed by atoms with van der Waals surface area (Å²) in [5.41, 5.74) is -0.489. The molecule has 1 aliphatic carbocycles.